The van der Waals surface area contributed by atoms with Crippen molar-refractivity contribution in [3.8, 4) is 6.07 Å². The molecular weight excluding hydrogens is 509 g/mol. The fraction of sp³-hybridized carbons (Fsp3) is 0.345. The van der Waals surface area contributed by atoms with E-state index in [0.717, 1.165) is 18.4 Å². The molecule has 1 aliphatic carbocycles. The lowest BCUT2D eigenvalue weighted by atomic mass is 9.89. The number of aromatic nitrogens is 1. The van der Waals surface area contributed by atoms with Crippen LogP contribution >= 0.6 is 23.2 Å². The second-order valence-corrected chi connectivity index (χ2v) is 11.3. The number of benzene rings is 2. The van der Waals surface area contributed by atoms with Gasteiger partial charge in [0.05, 0.1) is 35.5 Å². The van der Waals surface area contributed by atoms with Gasteiger partial charge in [0, 0.05) is 39.7 Å². The first-order valence-corrected chi connectivity index (χ1v) is 12.9. The minimum Gasteiger partial charge on any atom is -0.386 e. The van der Waals surface area contributed by atoms with Gasteiger partial charge in [-0.15, -0.1) is 0 Å². The molecule has 1 amide bonds. The Labute approximate surface area is 226 Å². The summed E-state index contributed by atoms with van der Waals surface area (Å²) in [5, 5.41) is 21.1. The fourth-order valence-corrected chi connectivity index (χ4v) is 5.11. The maximum absolute atomic E-state index is 14.1. The van der Waals surface area contributed by atoms with E-state index in [-0.39, 0.29) is 17.9 Å². The van der Waals surface area contributed by atoms with Gasteiger partial charge in [0.1, 0.15) is 0 Å². The lowest BCUT2D eigenvalue weighted by molar-refractivity contribution is -0.125. The largest absolute Gasteiger partial charge is 0.386 e. The van der Waals surface area contributed by atoms with E-state index in [1.165, 1.54) is 0 Å². The zero-order valence-corrected chi connectivity index (χ0v) is 22.2. The van der Waals surface area contributed by atoms with Crippen molar-refractivity contribution in [2.45, 2.75) is 51.0 Å². The van der Waals surface area contributed by atoms with E-state index < -0.39 is 11.3 Å². The molecule has 2 aliphatic rings. The van der Waals surface area contributed by atoms with Crippen molar-refractivity contribution < 1.29 is 14.6 Å². The van der Waals surface area contributed by atoms with Gasteiger partial charge in [0.15, 0.2) is 5.72 Å². The number of ether oxygens (including phenoxy) is 1. The van der Waals surface area contributed by atoms with Crippen molar-refractivity contribution in [3.63, 3.8) is 0 Å². The number of fused-ring (bicyclic) bond motifs is 1. The molecule has 1 saturated carbocycles. The summed E-state index contributed by atoms with van der Waals surface area (Å²) in [6.07, 6.45) is 3.73. The van der Waals surface area contributed by atoms with Crippen LogP contribution in [0.1, 0.15) is 65.9 Å². The molecule has 1 aromatic heterocycles. The Kier molecular flexibility index (Phi) is 6.54. The van der Waals surface area contributed by atoms with Gasteiger partial charge in [0.2, 0.25) is 0 Å². The van der Waals surface area contributed by atoms with Crippen LogP contribution in [-0.4, -0.2) is 27.5 Å². The lowest BCUT2D eigenvalue weighted by Gasteiger charge is -2.40. The van der Waals surface area contributed by atoms with E-state index in [4.69, 9.17) is 27.9 Å². The van der Waals surface area contributed by atoms with Crippen LogP contribution in [-0.2, 0) is 22.6 Å². The molecule has 6 nitrogen and oxygen atoms in total. The van der Waals surface area contributed by atoms with Crippen molar-refractivity contribution >= 4 is 29.1 Å². The molecule has 2 heterocycles. The first-order valence-electron chi connectivity index (χ1n) is 12.1. The second-order valence-electron chi connectivity index (χ2n) is 10.5. The van der Waals surface area contributed by atoms with Crippen LogP contribution in [0.5, 0.6) is 0 Å². The van der Waals surface area contributed by atoms with Gasteiger partial charge in [-0.3, -0.25) is 14.7 Å². The SMILES string of the molecule is CC(C)(O)c1ccc2c(c1)C(=O)N(Cc1ccc(Cl)cn1)[C@@]2(OCC1(CC#N)CC1)c1ccc(Cl)cc1. The molecule has 5 rings (SSSR count). The zero-order valence-electron chi connectivity index (χ0n) is 20.7. The Morgan fingerprint density at radius 1 is 1.11 bits per heavy atom. The third-order valence-electron chi connectivity index (χ3n) is 7.29. The van der Waals surface area contributed by atoms with Crippen LogP contribution in [0.2, 0.25) is 10.0 Å². The monoisotopic (exact) mass is 535 g/mol. The van der Waals surface area contributed by atoms with E-state index in [0.29, 0.717) is 45.5 Å². The van der Waals surface area contributed by atoms with Gasteiger partial charge in [-0.05, 0) is 62.6 Å². The molecule has 0 bridgehead atoms. The van der Waals surface area contributed by atoms with Gasteiger partial charge in [-0.1, -0.05) is 47.5 Å². The highest BCUT2D eigenvalue weighted by molar-refractivity contribution is 6.30. The Bertz CT molecular complexity index is 1370. The first-order chi connectivity index (χ1) is 17.6. The smallest absolute Gasteiger partial charge is 0.257 e. The molecule has 0 saturated heterocycles. The third kappa shape index (κ3) is 4.73. The molecule has 0 unspecified atom stereocenters. The fourth-order valence-electron chi connectivity index (χ4n) is 4.88. The molecule has 37 heavy (non-hydrogen) atoms. The number of pyridine rings is 1. The highest BCUT2D eigenvalue weighted by atomic mass is 35.5. The highest BCUT2D eigenvalue weighted by Gasteiger charge is 2.55. The number of rotatable bonds is 8. The number of aliphatic hydroxyl groups is 1. The molecule has 8 heteroatoms. The average molecular weight is 536 g/mol. The predicted octanol–water partition coefficient (Wildman–Crippen LogP) is 6.18. The Hall–Kier alpha value is -2.95. The minimum atomic E-state index is -1.28. The number of halogens is 2. The normalized spacial score (nSPS) is 20.0. The minimum absolute atomic E-state index is 0.163. The van der Waals surface area contributed by atoms with E-state index in [1.807, 2.05) is 24.3 Å². The van der Waals surface area contributed by atoms with Crippen LogP contribution in [0, 0.1) is 16.7 Å². The molecule has 1 fully saturated rings. The van der Waals surface area contributed by atoms with Crippen molar-refractivity contribution in [2.24, 2.45) is 5.41 Å². The number of nitrogens with zero attached hydrogens (tertiary/aromatic N) is 3. The number of amides is 1. The molecule has 0 radical (unpaired) electrons. The molecule has 1 aliphatic heterocycles. The lowest BCUT2D eigenvalue weighted by Crippen LogP contribution is -2.47. The van der Waals surface area contributed by atoms with E-state index >= 15 is 0 Å². The molecule has 1 atom stereocenters. The Morgan fingerprint density at radius 3 is 2.41 bits per heavy atom. The number of carbonyl (C=O) groups excluding carboxylic acids is 1. The number of hydrogen-bond donors (Lipinski definition) is 1. The van der Waals surface area contributed by atoms with Gasteiger partial charge in [-0.25, -0.2) is 0 Å². The van der Waals surface area contributed by atoms with Crippen LogP contribution in [0.25, 0.3) is 0 Å². The maximum atomic E-state index is 14.1. The molecule has 2 aromatic carbocycles. The van der Waals surface area contributed by atoms with Crippen LogP contribution in [0.3, 0.4) is 0 Å². The number of nitriles is 1. The summed E-state index contributed by atoms with van der Waals surface area (Å²) in [4.78, 5) is 20.2. The summed E-state index contributed by atoms with van der Waals surface area (Å²) in [6.45, 7) is 3.85. The molecular formula is C29H27Cl2N3O3. The summed E-state index contributed by atoms with van der Waals surface area (Å²) < 4.78 is 6.82. The molecule has 0 spiro atoms. The van der Waals surface area contributed by atoms with E-state index in [1.54, 1.807) is 55.3 Å². The summed E-state index contributed by atoms with van der Waals surface area (Å²) in [6, 6.07) is 18.5. The van der Waals surface area contributed by atoms with Gasteiger partial charge < -0.3 is 9.84 Å². The highest BCUT2D eigenvalue weighted by Crippen LogP contribution is 2.53. The topological polar surface area (TPSA) is 86.4 Å². The van der Waals surface area contributed by atoms with Crippen molar-refractivity contribution in [2.75, 3.05) is 6.61 Å². The summed E-state index contributed by atoms with van der Waals surface area (Å²) in [5.74, 6) is -0.238. The quantitative estimate of drug-likeness (QED) is 0.372. The maximum Gasteiger partial charge on any atom is 0.257 e. The Morgan fingerprint density at radius 2 is 1.81 bits per heavy atom. The molecule has 1 N–H and O–H groups in total. The van der Waals surface area contributed by atoms with Crippen LogP contribution in [0.4, 0.5) is 0 Å². The summed E-state index contributed by atoms with van der Waals surface area (Å²) in [7, 11) is 0. The van der Waals surface area contributed by atoms with E-state index in [9.17, 15) is 15.2 Å². The van der Waals surface area contributed by atoms with Crippen LogP contribution < -0.4 is 0 Å². The molecule has 190 valence electrons. The second kappa shape index (κ2) is 9.41. The average Bonchev–Trinajstić information content (AvgIpc) is 3.59. The van der Waals surface area contributed by atoms with Crippen molar-refractivity contribution in [3.05, 3.63) is 98.8 Å². The van der Waals surface area contributed by atoms with Crippen molar-refractivity contribution in [1.82, 2.24) is 9.88 Å². The zero-order chi connectivity index (χ0) is 26.4. The third-order valence-corrected chi connectivity index (χ3v) is 7.76. The number of carbonyl (C=O) groups is 1. The summed E-state index contributed by atoms with van der Waals surface area (Å²) >= 11 is 12.3. The van der Waals surface area contributed by atoms with Gasteiger partial charge in [0.25, 0.3) is 5.91 Å². The Balaban J connectivity index is 1.69. The predicted molar refractivity (Wildman–Crippen MR) is 141 cm³/mol. The first kappa shape index (κ1) is 25.7. The number of hydrogen-bond acceptors (Lipinski definition) is 5. The van der Waals surface area contributed by atoms with Gasteiger partial charge >= 0.3 is 0 Å². The van der Waals surface area contributed by atoms with Gasteiger partial charge in [-0.2, -0.15) is 5.26 Å². The molecule has 3 aromatic rings. The van der Waals surface area contributed by atoms with E-state index in [2.05, 4.69) is 11.1 Å². The van der Waals surface area contributed by atoms with Crippen LogP contribution in [0.15, 0.2) is 60.8 Å². The standard InChI is InChI=1S/C29H27Cl2N3O3/c1-27(2,36)20-5-10-25-24(15-20)26(35)34(17-23-9-8-22(31)16-33-23)29(25,19-3-6-21(30)7-4-19)37-18-28(11-12-28)13-14-32/h3-10,15-16,36H,11-13,17-18H2,1-2H3/t29-/m1/s1. The summed E-state index contributed by atoms with van der Waals surface area (Å²) in [5.41, 5.74) is 0.505. The van der Waals surface area contributed by atoms with Crippen molar-refractivity contribution in [1.29, 1.82) is 5.26 Å².